The molecular weight excluding hydrogens is 174 g/mol. The summed E-state index contributed by atoms with van der Waals surface area (Å²) in [6.07, 6.45) is 5.77. The lowest BCUT2D eigenvalue weighted by atomic mass is 10.0. The Morgan fingerprint density at radius 3 is 2.57 bits per heavy atom. The van der Waals surface area contributed by atoms with Gasteiger partial charge in [0.05, 0.1) is 5.54 Å². The van der Waals surface area contributed by atoms with Gasteiger partial charge < -0.3 is 0 Å². The number of isocyanates is 1. The lowest BCUT2D eigenvalue weighted by molar-refractivity contribution is 0.546. The molecule has 0 bridgehead atoms. The maximum atomic E-state index is 10.2. The number of carbonyl (C=O) groups excluding carboxylic acids is 1. The zero-order valence-electron chi connectivity index (χ0n) is 8.07. The van der Waals surface area contributed by atoms with Crippen LogP contribution in [0, 0.1) is 0 Å². The third kappa shape index (κ3) is 2.09. The molecule has 1 aliphatic carbocycles. The number of aliphatic imine (C=N–C) groups is 1. The zero-order valence-corrected chi connectivity index (χ0v) is 8.07. The van der Waals surface area contributed by atoms with Crippen LogP contribution in [0.1, 0.15) is 24.8 Å². The maximum Gasteiger partial charge on any atom is 0.235 e. The van der Waals surface area contributed by atoms with Crippen LogP contribution in [0.2, 0.25) is 0 Å². The Bertz CT molecular complexity index is 348. The second kappa shape index (κ2) is 3.77. The van der Waals surface area contributed by atoms with Crippen LogP contribution in [0.4, 0.5) is 0 Å². The minimum absolute atomic E-state index is 0.0441. The number of aryl methyl sites for hydroxylation is 1. The van der Waals surface area contributed by atoms with Crippen molar-refractivity contribution < 1.29 is 4.79 Å². The van der Waals surface area contributed by atoms with Crippen molar-refractivity contribution in [3.05, 3.63) is 35.9 Å². The summed E-state index contributed by atoms with van der Waals surface area (Å²) in [5.74, 6) is 0. The Morgan fingerprint density at radius 1 is 1.29 bits per heavy atom. The lowest BCUT2D eigenvalue weighted by Gasteiger charge is -2.06. The van der Waals surface area contributed by atoms with Crippen molar-refractivity contribution in [1.29, 1.82) is 0 Å². The van der Waals surface area contributed by atoms with Crippen molar-refractivity contribution in [1.82, 2.24) is 0 Å². The van der Waals surface area contributed by atoms with Gasteiger partial charge in [-0.05, 0) is 31.2 Å². The van der Waals surface area contributed by atoms with Crippen LogP contribution in [0.15, 0.2) is 35.3 Å². The molecule has 1 aromatic rings. The summed E-state index contributed by atoms with van der Waals surface area (Å²) >= 11 is 0. The second-order valence-corrected chi connectivity index (χ2v) is 3.91. The highest BCUT2D eigenvalue weighted by Gasteiger charge is 2.42. The molecule has 0 heterocycles. The monoisotopic (exact) mass is 187 g/mol. The van der Waals surface area contributed by atoms with E-state index in [1.165, 1.54) is 5.56 Å². The normalized spacial score (nSPS) is 17.1. The summed E-state index contributed by atoms with van der Waals surface area (Å²) in [6, 6.07) is 10.3. The van der Waals surface area contributed by atoms with Crippen molar-refractivity contribution in [2.75, 3.05) is 0 Å². The van der Waals surface area contributed by atoms with Crippen LogP contribution in [0.3, 0.4) is 0 Å². The summed E-state index contributed by atoms with van der Waals surface area (Å²) in [4.78, 5) is 14.1. The summed E-state index contributed by atoms with van der Waals surface area (Å²) < 4.78 is 0. The third-order valence-corrected chi connectivity index (χ3v) is 2.83. The molecule has 0 amide bonds. The quantitative estimate of drug-likeness (QED) is 0.526. The number of hydrogen-bond donors (Lipinski definition) is 0. The van der Waals surface area contributed by atoms with E-state index in [-0.39, 0.29) is 5.54 Å². The standard InChI is InChI=1S/C12H13NO/c14-10-13-12(8-9-12)7-6-11-4-2-1-3-5-11/h1-5H,6-9H2. The molecule has 72 valence electrons. The molecule has 0 N–H and O–H groups in total. The SMILES string of the molecule is O=C=NC1(CCc2ccccc2)CC1. The van der Waals surface area contributed by atoms with Crippen molar-refractivity contribution in [3.8, 4) is 0 Å². The van der Waals surface area contributed by atoms with Gasteiger partial charge in [0.2, 0.25) is 6.08 Å². The molecule has 14 heavy (non-hydrogen) atoms. The van der Waals surface area contributed by atoms with E-state index in [9.17, 15) is 4.79 Å². The van der Waals surface area contributed by atoms with Gasteiger partial charge in [-0.3, -0.25) is 0 Å². The van der Waals surface area contributed by atoms with Gasteiger partial charge in [-0.2, -0.15) is 4.99 Å². The Labute approximate surface area is 83.7 Å². The van der Waals surface area contributed by atoms with E-state index < -0.39 is 0 Å². The van der Waals surface area contributed by atoms with Gasteiger partial charge in [-0.15, -0.1) is 0 Å². The minimum Gasteiger partial charge on any atom is -0.211 e. The third-order valence-electron chi connectivity index (χ3n) is 2.83. The van der Waals surface area contributed by atoms with Crippen molar-refractivity contribution in [2.45, 2.75) is 31.2 Å². The van der Waals surface area contributed by atoms with Gasteiger partial charge in [0.15, 0.2) is 0 Å². The van der Waals surface area contributed by atoms with E-state index in [2.05, 4.69) is 17.1 Å². The van der Waals surface area contributed by atoms with Crippen molar-refractivity contribution in [3.63, 3.8) is 0 Å². The smallest absolute Gasteiger partial charge is 0.211 e. The second-order valence-electron chi connectivity index (χ2n) is 3.91. The Kier molecular flexibility index (Phi) is 2.47. The number of hydrogen-bond acceptors (Lipinski definition) is 2. The fourth-order valence-electron chi connectivity index (χ4n) is 1.68. The fourth-order valence-corrected chi connectivity index (χ4v) is 1.68. The molecule has 0 aliphatic heterocycles. The summed E-state index contributed by atoms with van der Waals surface area (Å²) in [7, 11) is 0. The van der Waals surface area contributed by atoms with Crippen LogP contribution in [0.5, 0.6) is 0 Å². The minimum atomic E-state index is -0.0441. The highest BCUT2D eigenvalue weighted by Crippen LogP contribution is 2.43. The fraction of sp³-hybridized carbons (Fsp3) is 0.417. The molecule has 0 unspecified atom stereocenters. The first-order valence-corrected chi connectivity index (χ1v) is 4.98. The Morgan fingerprint density at radius 2 is 2.00 bits per heavy atom. The molecule has 1 saturated carbocycles. The van der Waals surface area contributed by atoms with E-state index in [4.69, 9.17) is 0 Å². The molecule has 0 aromatic heterocycles. The molecule has 0 atom stereocenters. The largest absolute Gasteiger partial charge is 0.235 e. The number of benzene rings is 1. The number of rotatable bonds is 4. The van der Waals surface area contributed by atoms with Crippen LogP contribution in [-0.4, -0.2) is 11.6 Å². The van der Waals surface area contributed by atoms with Crippen molar-refractivity contribution in [2.24, 2.45) is 4.99 Å². The lowest BCUT2D eigenvalue weighted by Crippen LogP contribution is -2.05. The predicted molar refractivity (Wildman–Crippen MR) is 54.8 cm³/mol. The van der Waals surface area contributed by atoms with E-state index in [0.29, 0.717) is 0 Å². The maximum absolute atomic E-state index is 10.2. The van der Waals surface area contributed by atoms with E-state index >= 15 is 0 Å². The van der Waals surface area contributed by atoms with Gasteiger partial charge in [-0.25, -0.2) is 4.79 Å². The van der Waals surface area contributed by atoms with Crippen LogP contribution >= 0.6 is 0 Å². The molecule has 1 aromatic carbocycles. The summed E-state index contributed by atoms with van der Waals surface area (Å²) in [5, 5.41) is 0. The van der Waals surface area contributed by atoms with Gasteiger partial charge in [0.1, 0.15) is 0 Å². The van der Waals surface area contributed by atoms with Gasteiger partial charge in [0, 0.05) is 0 Å². The van der Waals surface area contributed by atoms with Crippen LogP contribution < -0.4 is 0 Å². The molecule has 2 nitrogen and oxygen atoms in total. The average molecular weight is 187 g/mol. The zero-order chi connectivity index (χ0) is 9.86. The van der Waals surface area contributed by atoms with E-state index in [0.717, 1.165) is 25.7 Å². The van der Waals surface area contributed by atoms with Crippen LogP contribution in [-0.2, 0) is 11.2 Å². The molecular formula is C12H13NO. The summed E-state index contributed by atoms with van der Waals surface area (Å²) in [6.45, 7) is 0. The highest BCUT2D eigenvalue weighted by atomic mass is 16.1. The Balaban J connectivity index is 1.92. The summed E-state index contributed by atoms with van der Waals surface area (Å²) in [5.41, 5.74) is 1.28. The van der Waals surface area contributed by atoms with Gasteiger partial charge in [0.25, 0.3) is 0 Å². The molecule has 0 spiro atoms. The van der Waals surface area contributed by atoms with Crippen molar-refractivity contribution >= 4 is 6.08 Å². The first kappa shape index (κ1) is 9.17. The predicted octanol–water partition coefficient (Wildman–Crippen LogP) is 2.49. The topological polar surface area (TPSA) is 29.4 Å². The highest BCUT2D eigenvalue weighted by molar-refractivity contribution is 5.36. The molecule has 2 rings (SSSR count). The molecule has 1 aliphatic rings. The van der Waals surface area contributed by atoms with Crippen LogP contribution in [0.25, 0.3) is 0 Å². The first-order valence-electron chi connectivity index (χ1n) is 4.98. The van der Waals surface area contributed by atoms with E-state index in [1.54, 1.807) is 6.08 Å². The first-order chi connectivity index (χ1) is 6.85. The van der Waals surface area contributed by atoms with Gasteiger partial charge in [-0.1, -0.05) is 30.3 Å². The van der Waals surface area contributed by atoms with E-state index in [1.807, 2.05) is 18.2 Å². The average Bonchev–Trinajstić information content (AvgIpc) is 2.98. The molecule has 2 heteroatoms. The number of nitrogens with zero attached hydrogens (tertiary/aromatic N) is 1. The van der Waals surface area contributed by atoms with Gasteiger partial charge >= 0.3 is 0 Å². The molecule has 0 radical (unpaired) electrons. The Hall–Kier alpha value is -1.40. The molecule has 0 saturated heterocycles. The molecule has 1 fully saturated rings.